The minimum Gasteiger partial charge on any atom is -0.121 e. The van der Waals surface area contributed by atoms with E-state index in [0.29, 0.717) is 0 Å². The van der Waals surface area contributed by atoms with Gasteiger partial charge >= 0.3 is 0 Å². The summed E-state index contributed by atoms with van der Waals surface area (Å²) in [6.45, 7) is 4.56. The van der Waals surface area contributed by atoms with Crippen LogP contribution in [-0.4, -0.2) is 0 Å². The van der Waals surface area contributed by atoms with Crippen molar-refractivity contribution in [2.24, 2.45) is 0 Å². The van der Waals surface area contributed by atoms with Gasteiger partial charge in [0.25, 0.3) is 0 Å². The van der Waals surface area contributed by atoms with E-state index in [9.17, 15) is 0 Å². The van der Waals surface area contributed by atoms with Crippen molar-refractivity contribution in [3.05, 3.63) is 18.7 Å². The van der Waals surface area contributed by atoms with Crippen LogP contribution < -0.4 is 0 Å². The third-order valence-corrected chi connectivity index (χ3v) is 6.86. The maximum absolute atomic E-state index is 3.77. The van der Waals surface area contributed by atoms with Gasteiger partial charge in [-0.15, -0.1) is 11.3 Å². The smallest absolute Gasteiger partial charge is 0.0745 e. The molecule has 0 aliphatic carbocycles. The summed E-state index contributed by atoms with van der Waals surface area (Å²) in [7, 11) is 0. The summed E-state index contributed by atoms with van der Waals surface area (Å²) in [4.78, 5) is 0. The van der Waals surface area contributed by atoms with Gasteiger partial charge in [0.1, 0.15) is 0 Å². The Morgan fingerprint density at radius 3 is 1.38 bits per heavy atom. The van der Waals surface area contributed by atoms with Gasteiger partial charge in [-0.3, -0.25) is 0 Å². The Bertz CT molecular complexity index is 350. The minimum atomic E-state index is 1.25. The van der Waals surface area contributed by atoms with E-state index in [4.69, 9.17) is 0 Å². The second-order valence-electron chi connectivity index (χ2n) is 5.94. The van der Waals surface area contributed by atoms with Crippen LogP contribution in [0.4, 0.5) is 0 Å². The largest absolute Gasteiger partial charge is 0.121 e. The summed E-state index contributed by atoms with van der Waals surface area (Å²) < 4.78 is 2.71. The molecular weight excluding hydrogens is 408 g/mol. The molecule has 0 amide bonds. The lowest BCUT2D eigenvalue weighted by atomic mass is 10.0. The molecule has 0 unspecified atom stereocenters. The molecular formula is C18H30Br2S. The van der Waals surface area contributed by atoms with Crippen molar-refractivity contribution in [3.8, 4) is 0 Å². The van der Waals surface area contributed by atoms with Gasteiger partial charge in [-0.1, -0.05) is 65.2 Å². The topological polar surface area (TPSA) is 0 Å². The predicted octanol–water partition coefficient (Wildman–Crippen LogP) is 8.30. The predicted molar refractivity (Wildman–Crippen MR) is 105 cm³/mol. The monoisotopic (exact) mass is 436 g/mol. The van der Waals surface area contributed by atoms with E-state index >= 15 is 0 Å². The van der Waals surface area contributed by atoms with E-state index in [-0.39, 0.29) is 0 Å². The normalized spacial score (nSPS) is 11.2. The summed E-state index contributed by atoms with van der Waals surface area (Å²) in [5.74, 6) is 0. The van der Waals surface area contributed by atoms with Crippen LogP contribution in [-0.2, 0) is 12.8 Å². The standard InChI is InChI=1S/C18H30Br2S/c1-3-5-7-9-11-13-15-16(18(20)21-17(15)19)14-12-10-8-6-4-2/h3-14H2,1-2H3. The molecule has 1 aromatic rings. The highest BCUT2D eigenvalue weighted by Crippen LogP contribution is 2.39. The fraction of sp³-hybridized carbons (Fsp3) is 0.778. The van der Waals surface area contributed by atoms with Crippen LogP contribution >= 0.6 is 43.2 Å². The highest BCUT2D eigenvalue weighted by atomic mass is 79.9. The molecule has 0 saturated heterocycles. The van der Waals surface area contributed by atoms with Gasteiger partial charge in [0.05, 0.1) is 7.57 Å². The van der Waals surface area contributed by atoms with Crippen LogP contribution in [0.2, 0.25) is 0 Å². The van der Waals surface area contributed by atoms with Crippen molar-refractivity contribution < 1.29 is 0 Å². The summed E-state index contributed by atoms with van der Waals surface area (Å²) in [6, 6.07) is 0. The minimum absolute atomic E-state index is 1.25. The molecule has 3 heteroatoms. The molecule has 0 aliphatic rings. The van der Waals surface area contributed by atoms with Gasteiger partial charge in [-0.2, -0.15) is 0 Å². The van der Waals surface area contributed by atoms with Crippen molar-refractivity contribution in [1.29, 1.82) is 0 Å². The quantitative estimate of drug-likeness (QED) is 0.288. The van der Waals surface area contributed by atoms with Gasteiger partial charge in [-0.05, 0) is 68.7 Å². The van der Waals surface area contributed by atoms with Gasteiger partial charge in [0, 0.05) is 0 Å². The van der Waals surface area contributed by atoms with Gasteiger partial charge in [-0.25, -0.2) is 0 Å². The maximum Gasteiger partial charge on any atom is 0.0745 e. The van der Waals surface area contributed by atoms with Crippen molar-refractivity contribution in [1.82, 2.24) is 0 Å². The average molecular weight is 438 g/mol. The highest BCUT2D eigenvalue weighted by Gasteiger charge is 2.14. The first kappa shape index (κ1) is 19.7. The first-order valence-electron chi connectivity index (χ1n) is 8.66. The molecule has 0 saturated carbocycles. The molecule has 1 heterocycles. The fourth-order valence-electron chi connectivity index (χ4n) is 2.75. The van der Waals surface area contributed by atoms with E-state index in [1.54, 1.807) is 11.1 Å². The third-order valence-electron chi connectivity index (χ3n) is 4.08. The zero-order valence-electron chi connectivity index (χ0n) is 13.6. The average Bonchev–Trinajstić information content (AvgIpc) is 2.73. The zero-order valence-corrected chi connectivity index (χ0v) is 17.6. The Labute approximate surface area is 152 Å². The lowest BCUT2D eigenvalue weighted by molar-refractivity contribution is 0.621. The van der Waals surface area contributed by atoms with E-state index in [2.05, 4.69) is 45.7 Å². The molecule has 1 rings (SSSR count). The van der Waals surface area contributed by atoms with Gasteiger partial charge in [0.15, 0.2) is 0 Å². The van der Waals surface area contributed by atoms with Crippen molar-refractivity contribution in [3.63, 3.8) is 0 Å². The summed E-state index contributed by atoms with van der Waals surface area (Å²) >= 11 is 9.41. The van der Waals surface area contributed by atoms with E-state index < -0.39 is 0 Å². The van der Waals surface area contributed by atoms with Gasteiger partial charge in [0.2, 0.25) is 0 Å². The zero-order chi connectivity index (χ0) is 15.5. The SMILES string of the molecule is CCCCCCCc1c(Br)sc(Br)c1CCCCCCC. The van der Waals surface area contributed by atoms with Crippen LogP contribution in [0, 0.1) is 0 Å². The Morgan fingerprint density at radius 2 is 1.00 bits per heavy atom. The van der Waals surface area contributed by atoms with Crippen molar-refractivity contribution >= 4 is 43.2 Å². The lowest BCUT2D eigenvalue weighted by Crippen LogP contribution is -1.93. The van der Waals surface area contributed by atoms with Crippen LogP contribution in [0.15, 0.2) is 7.57 Å². The van der Waals surface area contributed by atoms with Crippen LogP contribution in [0.25, 0.3) is 0 Å². The summed E-state index contributed by atoms with van der Waals surface area (Å²) in [5, 5.41) is 0. The second kappa shape index (κ2) is 12.1. The molecule has 0 fully saturated rings. The Kier molecular flexibility index (Phi) is 11.4. The van der Waals surface area contributed by atoms with Crippen molar-refractivity contribution in [2.45, 2.75) is 90.9 Å². The molecule has 0 N–H and O–H groups in total. The number of rotatable bonds is 12. The number of thiophene rings is 1. The fourth-order valence-corrected chi connectivity index (χ4v) is 6.10. The highest BCUT2D eigenvalue weighted by molar-refractivity contribution is 9.12. The second-order valence-corrected chi connectivity index (χ2v) is 9.59. The molecule has 0 aliphatic heterocycles. The van der Waals surface area contributed by atoms with Crippen LogP contribution in [0.3, 0.4) is 0 Å². The molecule has 0 aromatic carbocycles. The number of halogens is 2. The Balaban J connectivity index is 2.42. The first-order chi connectivity index (χ1) is 10.2. The number of unbranched alkanes of at least 4 members (excludes halogenated alkanes) is 8. The number of hydrogen-bond donors (Lipinski definition) is 0. The van der Waals surface area contributed by atoms with Crippen LogP contribution in [0.5, 0.6) is 0 Å². The Hall–Kier alpha value is 0.660. The van der Waals surface area contributed by atoms with E-state index in [1.165, 1.54) is 84.6 Å². The third kappa shape index (κ3) is 7.65. The van der Waals surface area contributed by atoms with E-state index in [0.717, 1.165) is 0 Å². The van der Waals surface area contributed by atoms with E-state index in [1.807, 2.05) is 11.3 Å². The molecule has 0 radical (unpaired) electrons. The van der Waals surface area contributed by atoms with Crippen LogP contribution in [0.1, 0.15) is 89.2 Å². The molecule has 0 atom stereocenters. The first-order valence-corrected chi connectivity index (χ1v) is 11.1. The maximum atomic E-state index is 3.77. The Morgan fingerprint density at radius 1 is 0.619 bits per heavy atom. The van der Waals surface area contributed by atoms with Gasteiger partial charge < -0.3 is 0 Å². The summed E-state index contributed by atoms with van der Waals surface area (Å²) in [5.41, 5.74) is 3.16. The summed E-state index contributed by atoms with van der Waals surface area (Å²) in [6.07, 6.45) is 16.2. The molecule has 0 bridgehead atoms. The number of hydrogen-bond acceptors (Lipinski definition) is 1. The van der Waals surface area contributed by atoms with Crippen molar-refractivity contribution in [2.75, 3.05) is 0 Å². The molecule has 0 spiro atoms. The lowest BCUT2D eigenvalue weighted by Gasteiger charge is -2.07. The molecule has 122 valence electrons. The molecule has 1 aromatic heterocycles. The molecule has 21 heavy (non-hydrogen) atoms. The molecule has 0 nitrogen and oxygen atoms in total.